The maximum Gasteiger partial charge on any atom is 0.251 e. The molecule has 0 aliphatic rings. The Hall–Kier alpha value is -3.74. The number of rotatable bonds is 5. The van der Waals surface area contributed by atoms with E-state index < -0.39 is 11.7 Å². The minimum absolute atomic E-state index is 0.143. The van der Waals surface area contributed by atoms with Crippen molar-refractivity contribution in [1.82, 2.24) is 15.0 Å². The molecule has 3 heterocycles. The number of aromatic amines is 1. The second-order valence-corrected chi connectivity index (χ2v) is 6.03. The highest BCUT2D eigenvalue weighted by Gasteiger charge is 2.14. The summed E-state index contributed by atoms with van der Waals surface area (Å²) >= 11 is 0. The van der Waals surface area contributed by atoms with Crippen LogP contribution in [0.2, 0.25) is 0 Å². The number of carbonyl (C=O) groups is 1. The summed E-state index contributed by atoms with van der Waals surface area (Å²) in [6.07, 6.45) is 3.51. The molecular formula is C20H16FN5O. The number of fused-ring (bicyclic) bond motifs is 1. The fraction of sp³-hybridized carbons (Fsp3) is 0.0500. The quantitative estimate of drug-likeness (QED) is 0.507. The lowest BCUT2D eigenvalue weighted by Crippen LogP contribution is -2.13. The molecule has 0 aliphatic carbocycles. The van der Waals surface area contributed by atoms with Gasteiger partial charge in [0.15, 0.2) is 0 Å². The Balaban J connectivity index is 1.75. The maximum atomic E-state index is 13.8. The summed E-state index contributed by atoms with van der Waals surface area (Å²) in [6.45, 7) is 0.509. The van der Waals surface area contributed by atoms with Crippen molar-refractivity contribution in [1.29, 1.82) is 0 Å². The first kappa shape index (κ1) is 16.7. The summed E-state index contributed by atoms with van der Waals surface area (Å²) in [4.78, 5) is 23.4. The van der Waals surface area contributed by atoms with Gasteiger partial charge in [-0.25, -0.2) is 9.37 Å². The zero-order valence-electron chi connectivity index (χ0n) is 14.2. The van der Waals surface area contributed by atoms with Crippen molar-refractivity contribution in [3.63, 3.8) is 0 Å². The van der Waals surface area contributed by atoms with E-state index in [4.69, 9.17) is 5.73 Å². The van der Waals surface area contributed by atoms with Gasteiger partial charge in [0.25, 0.3) is 5.91 Å². The first-order valence-electron chi connectivity index (χ1n) is 8.33. The molecule has 0 spiro atoms. The van der Waals surface area contributed by atoms with E-state index in [1.807, 2.05) is 30.3 Å². The standard InChI is InChI=1S/C20H16FN5O/c21-17-5-4-12(9-16(17)19(22)27)15-10-18(26-20-14(15)6-8-24-20)25-11-13-3-1-2-7-23-13/h1-10H,11H2,(H2,22,27)(H2,24,25,26). The number of hydrogen-bond acceptors (Lipinski definition) is 4. The highest BCUT2D eigenvalue weighted by Crippen LogP contribution is 2.31. The van der Waals surface area contributed by atoms with E-state index in [9.17, 15) is 9.18 Å². The van der Waals surface area contributed by atoms with Crippen LogP contribution in [0.4, 0.5) is 10.2 Å². The zero-order chi connectivity index (χ0) is 18.8. The van der Waals surface area contributed by atoms with Gasteiger partial charge in [-0.05, 0) is 47.5 Å². The van der Waals surface area contributed by atoms with Crippen LogP contribution in [-0.4, -0.2) is 20.9 Å². The van der Waals surface area contributed by atoms with Gasteiger partial charge in [0.2, 0.25) is 0 Å². The van der Waals surface area contributed by atoms with Gasteiger partial charge >= 0.3 is 0 Å². The minimum Gasteiger partial charge on any atom is -0.366 e. The third-order valence-electron chi connectivity index (χ3n) is 4.25. The number of benzene rings is 1. The number of H-pyrrole nitrogens is 1. The highest BCUT2D eigenvalue weighted by atomic mass is 19.1. The Kier molecular flexibility index (Phi) is 4.25. The summed E-state index contributed by atoms with van der Waals surface area (Å²) in [5, 5.41) is 4.10. The second kappa shape index (κ2) is 6.87. The van der Waals surface area contributed by atoms with Gasteiger partial charge in [0.1, 0.15) is 17.3 Å². The molecule has 0 saturated carbocycles. The first-order valence-corrected chi connectivity index (χ1v) is 8.33. The summed E-state index contributed by atoms with van der Waals surface area (Å²) in [5.74, 6) is -0.808. The van der Waals surface area contributed by atoms with Gasteiger partial charge in [0, 0.05) is 17.8 Å². The van der Waals surface area contributed by atoms with Crippen molar-refractivity contribution < 1.29 is 9.18 Å². The van der Waals surface area contributed by atoms with Crippen LogP contribution in [0.1, 0.15) is 16.1 Å². The number of nitrogens with zero attached hydrogens (tertiary/aromatic N) is 2. The van der Waals surface area contributed by atoms with Crippen LogP contribution < -0.4 is 11.1 Å². The van der Waals surface area contributed by atoms with E-state index in [0.717, 1.165) is 16.6 Å². The van der Waals surface area contributed by atoms with E-state index in [-0.39, 0.29) is 5.56 Å². The molecule has 27 heavy (non-hydrogen) atoms. The molecule has 0 atom stereocenters. The molecule has 6 nitrogen and oxygen atoms in total. The lowest BCUT2D eigenvalue weighted by molar-refractivity contribution is 0.0996. The number of carbonyl (C=O) groups excluding carboxylic acids is 1. The number of nitrogens with one attached hydrogen (secondary N) is 2. The molecule has 134 valence electrons. The molecule has 1 aromatic carbocycles. The summed E-state index contributed by atoms with van der Waals surface area (Å²) in [6, 6.07) is 13.8. The molecule has 0 radical (unpaired) electrons. The van der Waals surface area contributed by atoms with Crippen molar-refractivity contribution in [2.45, 2.75) is 6.54 Å². The van der Waals surface area contributed by atoms with Crippen molar-refractivity contribution in [3.05, 3.63) is 78.0 Å². The maximum absolute atomic E-state index is 13.8. The van der Waals surface area contributed by atoms with Gasteiger partial charge in [0.05, 0.1) is 17.8 Å². The first-order chi connectivity index (χ1) is 13.1. The largest absolute Gasteiger partial charge is 0.366 e. The number of hydrogen-bond donors (Lipinski definition) is 3. The fourth-order valence-corrected chi connectivity index (χ4v) is 2.93. The number of pyridine rings is 2. The van der Waals surface area contributed by atoms with Crippen LogP contribution in [0.3, 0.4) is 0 Å². The summed E-state index contributed by atoms with van der Waals surface area (Å²) in [5.41, 5.74) is 8.19. The zero-order valence-corrected chi connectivity index (χ0v) is 14.2. The van der Waals surface area contributed by atoms with E-state index in [1.54, 1.807) is 18.5 Å². The monoisotopic (exact) mass is 361 g/mol. The number of primary amides is 1. The summed E-state index contributed by atoms with van der Waals surface area (Å²) < 4.78 is 13.8. The lowest BCUT2D eigenvalue weighted by Gasteiger charge is -2.10. The van der Waals surface area contributed by atoms with Crippen molar-refractivity contribution >= 4 is 22.8 Å². The van der Waals surface area contributed by atoms with Gasteiger partial charge in [-0.15, -0.1) is 0 Å². The molecule has 0 aliphatic heterocycles. The number of halogens is 1. The van der Waals surface area contributed by atoms with Crippen LogP contribution >= 0.6 is 0 Å². The Morgan fingerprint density at radius 3 is 2.85 bits per heavy atom. The molecule has 4 N–H and O–H groups in total. The predicted molar refractivity (Wildman–Crippen MR) is 102 cm³/mol. The van der Waals surface area contributed by atoms with Crippen LogP contribution in [0.5, 0.6) is 0 Å². The molecule has 1 amide bonds. The van der Waals surface area contributed by atoms with E-state index in [1.165, 1.54) is 12.1 Å². The Bertz CT molecular complexity index is 1120. The molecular weight excluding hydrogens is 345 g/mol. The lowest BCUT2D eigenvalue weighted by atomic mass is 10.0. The van der Waals surface area contributed by atoms with Crippen LogP contribution in [0.15, 0.2) is 60.9 Å². The Morgan fingerprint density at radius 2 is 2.07 bits per heavy atom. The molecule has 3 aromatic heterocycles. The third kappa shape index (κ3) is 3.35. The number of aromatic nitrogens is 3. The molecule has 0 unspecified atom stereocenters. The smallest absolute Gasteiger partial charge is 0.251 e. The van der Waals surface area contributed by atoms with Crippen molar-refractivity contribution in [2.75, 3.05) is 5.32 Å². The Labute approximate surface area is 154 Å². The highest BCUT2D eigenvalue weighted by molar-refractivity contribution is 5.98. The number of nitrogens with two attached hydrogens (primary N) is 1. The molecule has 0 saturated heterocycles. The SMILES string of the molecule is NC(=O)c1cc(-c2cc(NCc3ccccn3)nc3[nH]ccc23)ccc1F. The minimum atomic E-state index is -0.804. The van der Waals surface area contributed by atoms with Gasteiger partial charge in [-0.3, -0.25) is 9.78 Å². The molecule has 7 heteroatoms. The van der Waals surface area contributed by atoms with Crippen molar-refractivity contribution in [2.24, 2.45) is 5.73 Å². The van der Waals surface area contributed by atoms with E-state index >= 15 is 0 Å². The average molecular weight is 361 g/mol. The molecule has 0 fully saturated rings. The molecule has 0 bridgehead atoms. The van der Waals surface area contributed by atoms with Gasteiger partial charge in [-0.2, -0.15) is 0 Å². The van der Waals surface area contributed by atoms with Crippen LogP contribution in [-0.2, 0) is 6.54 Å². The molecule has 4 aromatic rings. The van der Waals surface area contributed by atoms with Gasteiger partial charge < -0.3 is 16.0 Å². The van der Waals surface area contributed by atoms with Crippen LogP contribution in [0, 0.1) is 5.82 Å². The predicted octanol–water partition coefficient (Wildman–Crippen LogP) is 3.48. The number of amides is 1. The fourth-order valence-electron chi connectivity index (χ4n) is 2.93. The summed E-state index contributed by atoms with van der Waals surface area (Å²) in [7, 11) is 0. The number of anilines is 1. The van der Waals surface area contributed by atoms with Crippen molar-refractivity contribution in [3.8, 4) is 11.1 Å². The van der Waals surface area contributed by atoms with Crippen LogP contribution in [0.25, 0.3) is 22.2 Å². The normalized spacial score (nSPS) is 10.9. The molecule has 4 rings (SSSR count). The average Bonchev–Trinajstić information content (AvgIpc) is 3.15. The topological polar surface area (TPSA) is 96.7 Å². The second-order valence-electron chi connectivity index (χ2n) is 6.03. The van der Waals surface area contributed by atoms with E-state index in [0.29, 0.717) is 23.6 Å². The van der Waals surface area contributed by atoms with E-state index in [2.05, 4.69) is 20.3 Å². The van der Waals surface area contributed by atoms with Gasteiger partial charge in [-0.1, -0.05) is 12.1 Å². The Morgan fingerprint density at radius 1 is 1.19 bits per heavy atom. The third-order valence-corrected chi connectivity index (χ3v) is 4.25.